The van der Waals surface area contributed by atoms with Gasteiger partial charge in [0.05, 0.1) is 13.0 Å². The predicted molar refractivity (Wildman–Crippen MR) is 80.9 cm³/mol. The van der Waals surface area contributed by atoms with Gasteiger partial charge in [-0.2, -0.15) is 11.8 Å². The third-order valence-electron chi connectivity index (χ3n) is 3.48. The molecule has 110 valence electrons. The van der Waals surface area contributed by atoms with Crippen LogP contribution < -0.4 is 0 Å². The first-order valence-corrected chi connectivity index (χ1v) is 7.95. The zero-order valence-corrected chi connectivity index (χ0v) is 12.6. The molecule has 2 rings (SSSR count). The Morgan fingerprint density at radius 1 is 1.40 bits per heavy atom. The summed E-state index contributed by atoms with van der Waals surface area (Å²) >= 11 is 1.85. The molecule has 0 radical (unpaired) electrons. The van der Waals surface area contributed by atoms with Crippen molar-refractivity contribution in [1.82, 2.24) is 4.90 Å². The van der Waals surface area contributed by atoms with Gasteiger partial charge in [0, 0.05) is 37.7 Å². The third-order valence-corrected chi connectivity index (χ3v) is 4.57. The highest BCUT2D eigenvalue weighted by molar-refractivity contribution is 7.99. The fourth-order valence-electron chi connectivity index (χ4n) is 2.43. The molecule has 0 aliphatic carbocycles. The summed E-state index contributed by atoms with van der Waals surface area (Å²) in [4.78, 5) is 13.2. The van der Waals surface area contributed by atoms with Crippen molar-refractivity contribution >= 4 is 17.7 Å². The molecule has 1 aromatic rings. The summed E-state index contributed by atoms with van der Waals surface area (Å²) in [5.41, 5.74) is 2.39. The number of carboxylic acids is 1. The minimum Gasteiger partial charge on any atom is -0.481 e. The summed E-state index contributed by atoms with van der Waals surface area (Å²) in [6, 6.07) is 8.50. The molecule has 0 spiro atoms. The van der Waals surface area contributed by atoms with Gasteiger partial charge in [0.25, 0.3) is 0 Å². The monoisotopic (exact) mass is 295 g/mol. The Morgan fingerprint density at radius 2 is 2.10 bits per heavy atom. The van der Waals surface area contributed by atoms with Crippen LogP contribution in [-0.4, -0.2) is 47.2 Å². The third kappa shape index (κ3) is 4.51. The van der Waals surface area contributed by atoms with Crippen LogP contribution in [-0.2, 0) is 22.7 Å². The summed E-state index contributed by atoms with van der Waals surface area (Å²) in [6.07, 6.45) is 0.231. The van der Waals surface area contributed by atoms with Crippen LogP contribution in [0.25, 0.3) is 0 Å². The smallest absolute Gasteiger partial charge is 0.304 e. The van der Waals surface area contributed by atoms with E-state index in [0.717, 1.165) is 30.2 Å². The van der Waals surface area contributed by atoms with Crippen molar-refractivity contribution in [2.45, 2.75) is 25.6 Å². The molecule has 1 heterocycles. The molecule has 1 saturated heterocycles. The molecule has 1 fully saturated rings. The molecule has 1 atom stereocenters. The lowest BCUT2D eigenvalue weighted by Crippen LogP contribution is -2.42. The van der Waals surface area contributed by atoms with Gasteiger partial charge in [0.2, 0.25) is 0 Å². The number of methoxy groups -OCH3 is 1. The zero-order valence-electron chi connectivity index (χ0n) is 11.7. The van der Waals surface area contributed by atoms with Crippen LogP contribution in [0.2, 0.25) is 0 Å². The van der Waals surface area contributed by atoms with E-state index in [-0.39, 0.29) is 12.5 Å². The van der Waals surface area contributed by atoms with Gasteiger partial charge in [0.1, 0.15) is 0 Å². The van der Waals surface area contributed by atoms with Crippen LogP contribution in [0.5, 0.6) is 0 Å². The molecule has 20 heavy (non-hydrogen) atoms. The SMILES string of the molecule is COCc1ccc(CN2CCSCC2CC(=O)O)cc1. The first-order chi connectivity index (χ1) is 9.69. The molecule has 1 aliphatic heterocycles. The molecule has 0 saturated carbocycles. The van der Waals surface area contributed by atoms with Gasteiger partial charge in [-0.15, -0.1) is 0 Å². The standard InChI is InChI=1S/C15H21NO3S/c1-19-10-13-4-2-12(3-5-13)9-16-6-7-20-11-14(16)8-15(17)18/h2-5,14H,6-11H2,1H3,(H,17,18). The van der Waals surface area contributed by atoms with E-state index < -0.39 is 5.97 Å². The largest absolute Gasteiger partial charge is 0.481 e. The molecule has 1 aliphatic rings. The van der Waals surface area contributed by atoms with Gasteiger partial charge in [-0.3, -0.25) is 9.69 Å². The molecular formula is C15H21NO3S. The quantitative estimate of drug-likeness (QED) is 0.872. The maximum atomic E-state index is 10.9. The van der Waals surface area contributed by atoms with Gasteiger partial charge in [-0.05, 0) is 11.1 Å². The highest BCUT2D eigenvalue weighted by Gasteiger charge is 2.24. The number of nitrogens with zero attached hydrogens (tertiary/aromatic N) is 1. The van der Waals surface area contributed by atoms with Gasteiger partial charge >= 0.3 is 5.97 Å². The number of rotatable bonds is 6. The Balaban J connectivity index is 1.97. The molecule has 1 N–H and O–H groups in total. The minimum absolute atomic E-state index is 0.143. The topological polar surface area (TPSA) is 49.8 Å². The lowest BCUT2D eigenvalue weighted by Gasteiger charge is -2.34. The first-order valence-electron chi connectivity index (χ1n) is 6.79. The fourth-order valence-corrected chi connectivity index (χ4v) is 3.56. The molecule has 0 aromatic heterocycles. The van der Waals surface area contributed by atoms with Crippen molar-refractivity contribution in [3.05, 3.63) is 35.4 Å². The van der Waals surface area contributed by atoms with Crippen LogP contribution in [0.3, 0.4) is 0 Å². The van der Waals surface area contributed by atoms with Crippen LogP contribution in [0.1, 0.15) is 17.5 Å². The molecule has 5 heteroatoms. The molecule has 1 unspecified atom stereocenters. The molecule has 4 nitrogen and oxygen atoms in total. The average Bonchev–Trinajstić information content (AvgIpc) is 2.43. The Labute approximate surface area is 124 Å². The van der Waals surface area contributed by atoms with Crippen molar-refractivity contribution in [3.63, 3.8) is 0 Å². The fraction of sp³-hybridized carbons (Fsp3) is 0.533. The van der Waals surface area contributed by atoms with Crippen molar-refractivity contribution in [1.29, 1.82) is 0 Å². The average molecular weight is 295 g/mol. The van der Waals surface area contributed by atoms with Gasteiger partial charge in [-0.1, -0.05) is 24.3 Å². The summed E-state index contributed by atoms with van der Waals surface area (Å²) in [5, 5.41) is 9.00. The maximum Gasteiger partial charge on any atom is 0.304 e. The van der Waals surface area contributed by atoms with Crippen molar-refractivity contribution in [3.8, 4) is 0 Å². The molecule has 1 aromatic carbocycles. The van der Waals surface area contributed by atoms with E-state index in [9.17, 15) is 4.79 Å². The van der Waals surface area contributed by atoms with Crippen molar-refractivity contribution in [2.75, 3.05) is 25.2 Å². The van der Waals surface area contributed by atoms with Crippen molar-refractivity contribution < 1.29 is 14.6 Å². The summed E-state index contributed by atoms with van der Waals surface area (Å²) < 4.78 is 5.10. The van der Waals surface area contributed by atoms with Crippen LogP contribution >= 0.6 is 11.8 Å². The van der Waals surface area contributed by atoms with E-state index in [2.05, 4.69) is 29.2 Å². The van der Waals surface area contributed by atoms with E-state index in [1.54, 1.807) is 7.11 Å². The molecular weight excluding hydrogens is 274 g/mol. The lowest BCUT2D eigenvalue weighted by molar-refractivity contribution is -0.138. The van der Waals surface area contributed by atoms with E-state index in [1.807, 2.05) is 11.8 Å². The number of hydrogen-bond donors (Lipinski definition) is 1. The van der Waals surface area contributed by atoms with Crippen molar-refractivity contribution in [2.24, 2.45) is 0 Å². The van der Waals surface area contributed by atoms with Crippen LogP contribution in [0.4, 0.5) is 0 Å². The van der Waals surface area contributed by atoms with E-state index in [1.165, 1.54) is 5.56 Å². The summed E-state index contributed by atoms with van der Waals surface area (Å²) in [5.74, 6) is 1.28. The Morgan fingerprint density at radius 3 is 2.75 bits per heavy atom. The Hall–Kier alpha value is -1.04. The lowest BCUT2D eigenvalue weighted by atomic mass is 10.1. The highest BCUT2D eigenvalue weighted by atomic mass is 32.2. The number of benzene rings is 1. The predicted octanol–water partition coefficient (Wildman–Crippen LogP) is 2.23. The number of hydrogen-bond acceptors (Lipinski definition) is 4. The van der Waals surface area contributed by atoms with Gasteiger partial charge < -0.3 is 9.84 Å². The number of aliphatic carboxylic acids is 1. The number of carboxylic acid groups (broad SMARTS) is 1. The van der Waals surface area contributed by atoms with Crippen LogP contribution in [0, 0.1) is 0 Å². The number of thioether (sulfide) groups is 1. The van der Waals surface area contributed by atoms with E-state index in [0.29, 0.717) is 6.61 Å². The first kappa shape index (κ1) is 15.4. The number of carbonyl (C=O) groups is 1. The zero-order chi connectivity index (χ0) is 14.4. The second kappa shape index (κ2) is 7.67. The maximum absolute atomic E-state index is 10.9. The van der Waals surface area contributed by atoms with E-state index >= 15 is 0 Å². The summed E-state index contributed by atoms with van der Waals surface area (Å²) in [7, 11) is 1.69. The molecule has 0 amide bonds. The van der Waals surface area contributed by atoms with Crippen LogP contribution in [0.15, 0.2) is 24.3 Å². The highest BCUT2D eigenvalue weighted by Crippen LogP contribution is 2.21. The number of ether oxygens (including phenoxy) is 1. The second-order valence-electron chi connectivity index (χ2n) is 5.05. The minimum atomic E-state index is -0.710. The van der Waals surface area contributed by atoms with E-state index in [4.69, 9.17) is 9.84 Å². The summed E-state index contributed by atoms with van der Waals surface area (Å²) in [6.45, 7) is 2.41. The normalized spacial score (nSPS) is 19.9. The Bertz CT molecular complexity index is 435. The molecule has 0 bridgehead atoms. The second-order valence-corrected chi connectivity index (χ2v) is 6.20. The van der Waals surface area contributed by atoms with Gasteiger partial charge in [-0.25, -0.2) is 0 Å². The Kier molecular flexibility index (Phi) is 5.88. The van der Waals surface area contributed by atoms with Gasteiger partial charge in [0.15, 0.2) is 0 Å².